The van der Waals surface area contributed by atoms with E-state index in [4.69, 9.17) is 12.2 Å². The van der Waals surface area contributed by atoms with Crippen LogP contribution in [0.2, 0.25) is 0 Å². The molecule has 0 bridgehead atoms. The van der Waals surface area contributed by atoms with Crippen LogP contribution in [0.25, 0.3) is 0 Å². The molecule has 62 valence electrons. The van der Waals surface area contributed by atoms with E-state index >= 15 is 0 Å². The highest BCUT2D eigenvalue weighted by molar-refractivity contribution is 7.80. The van der Waals surface area contributed by atoms with Crippen molar-refractivity contribution in [1.29, 1.82) is 0 Å². The van der Waals surface area contributed by atoms with Crippen LogP contribution < -0.4 is 10.6 Å². The van der Waals surface area contributed by atoms with Crippen molar-refractivity contribution >= 4 is 17.3 Å². The van der Waals surface area contributed by atoms with Crippen molar-refractivity contribution in [2.45, 2.75) is 44.2 Å². The van der Waals surface area contributed by atoms with Crippen molar-refractivity contribution in [1.82, 2.24) is 10.6 Å². The summed E-state index contributed by atoms with van der Waals surface area (Å²) in [5, 5.41) is 7.45. The standard InChI is InChI=1S/C8H14N2S/c11-8(10-7-4-5-7)9-6-2-1-3-6/h6-7H,1-5H2,(H2,9,10,11). The van der Waals surface area contributed by atoms with E-state index in [1.165, 1.54) is 32.1 Å². The van der Waals surface area contributed by atoms with Gasteiger partial charge in [-0.2, -0.15) is 0 Å². The minimum atomic E-state index is 0.675. The van der Waals surface area contributed by atoms with Crippen LogP contribution in [0.5, 0.6) is 0 Å². The lowest BCUT2D eigenvalue weighted by molar-refractivity contribution is 0.382. The summed E-state index contributed by atoms with van der Waals surface area (Å²) in [6.45, 7) is 0. The van der Waals surface area contributed by atoms with Crippen molar-refractivity contribution < 1.29 is 0 Å². The molecule has 0 aliphatic heterocycles. The van der Waals surface area contributed by atoms with Gasteiger partial charge in [-0.05, 0) is 44.3 Å². The van der Waals surface area contributed by atoms with E-state index in [0.717, 1.165) is 5.11 Å². The molecule has 2 rings (SSSR count). The van der Waals surface area contributed by atoms with Gasteiger partial charge in [0.2, 0.25) is 0 Å². The number of rotatable bonds is 2. The monoisotopic (exact) mass is 170 g/mol. The van der Waals surface area contributed by atoms with Crippen LogP contribution >= 0.6 is 12.2 Å². The van der Waals surface area contributed by atoms with E-state index in [-0.39, 0.29) is 0 Å². The Morgan fingerprint density at radius 2 is 1.55 bits per heavy atom. The normalized spacial score (nSPS) is 24.0. The van der Waals surface area contributed by atoms with Gasteiger partial charge in [-0.15, -0.1) is 0 Å². The van der Waals surface area contributed by atoms with Crippen molar-refractivity contribution in [2.75, 3.05) is 0 Å². The summed E-state index contributed by atoms with van der Waals surface area (Å²) < 4.78 is 0. The van der Waals surface area contributed by atoms with Gasteiger partial charge in [0.25, 0.3) is 0 Å². The zero-order valence-electron chi connectivity index (χ0n) is 6.60. The average molecular weight is 170 g/mol. The molecule has 3 heteroatoms. The van der Waals surface area contributed by atoms with Gasteiger partial charge in [0.05, 0.1) is 0 Å². The molecular formula is C8H14N2S. The van der Waals surface area contributed by atoms with Crippen molar-refractivity contribution in [3.63, 3.8) is 0 Å². The SMILES string of the molecule is S=C(NC1CCC1)NC1CC1. The van der Waals surface area contributed by atoms with E-state index in [0.29, 0.717) is 12.1 Å². The van der Waals surface area contributed by atoms with Crippen LogP contribution in [-0.4, -0.2) is 17.2 Å². The van der Waals surface area contributed by atoms with Gasteiger partial charge < -0.3 is 10.6 Å². The molecule has 0 spiro atoms. The predicted molar refractivity (Wildman–Crippen MR) is 49.5 cm³/mol. The maximum Gasteiger partial charge on any atom is 0.166 e. The second-order valence-corrected chi connectivity index (χ2v) is 3.93. The van der Waals surface area contributed by atoms with Crippen molar-refractivity contribution in [2.24, 2.45) is 0 Å². The fourth-order valence-electron chi connectivity index (χ4n) is 1.19. The average Bonchev–Trinajstić information content (AvgIpc) is 2.62. The molecule has 0 heterocycles. The summed E-state index contributed by atoms with van der Waals surface area (Å²) in [4.78, 5) is 0. The summed E-state index contributed by atoms with van der Waals surface area (Å²) in [5.74, 6) is 0. The molecule has 0 atom stereocenters. The topological polar surface area (TPSA) is 24.1 Å². The lowest BCUT2D eigenvalue weighted by Crippen LogP contribution is -2.45. The summed E-state index contributed by atoms with van der Waals surface area (Å²) in [6, 6.07) is 1.36. The van der Waals surface area contributed by atoms with E-state index in [9.17, 15) is 0 Å². The summed E-state index contributed by atoms with van der Waals surface area (Å²) in [7, 11) is 0. The first-order valence-electron chi connectivity index (χ1n) is 4.41. The molecule has 0 radical (unpaired) electrons. The third-order valence-electron chi connectivity index (χ3n) is 2.35. The number of thiocarbonyl (C=S) groups is 1. The van der Waals surface area contributed by atoms with Gasteiger partial charge in [-0.25, -0.2) is 0 Å². The molecule has 0 unspecified atom stereocenters. The molecule has 2 nitrogen and oxygen atoms in total. The van der Waals surface area contributed by atoms with Gasteiger partial charge >= 0.3 is 0 Å². The molecular weight excluding hydrogens is 156 g/mol. The van der Waals surface area contributed by atoms with Gasteiger partial charge in [-0.3, -0.25) is 0 Å². The maximum atomic E-state index is 5.12. The Morgan fingerprint density at radius 3 is 1.91 bits per heavy atom. The lowest BCUT2D eigenvalue weighted by Gasteiger charge is -2.27. The van der Waals surface area contributed by atoms with Crippen LogP contribution in [0.4, 0.5) is 0 Å². The van der Waals surface area contributed by atoms with E-state index < -0.39 is 0 Å². The molecule has 2 saturated carbocycles. The molecule has 2 N–H and O–H groups in total. The third kappa shape index (κ3) is 2.06. The van der Waals surface area contributed by atoms with Gasteiger partial charge in [-0.1, -0.05) is 0 Å². The molecule has 2 fully saturated rings. The highest BCUT2D eigenvalue weighted by Crippen LogP contribution is 2.20. The molecule has 0 aromatic rings. The van der Waals surface area contributed by atoms with Crippen LogP contribution in [0, 0.1) is 0 Å². The molecule has 0 aromatic carbocycles. The van der Waals surface area contributed by atoms with Gasteiger partial charge in [0, 0.05) is 12.1 Å². The van der Waals surface area contributed by atoms with Crippen LogP contribution in [0.15, 0.2) is 0 Å². The van der Waals surface area contributed by atoms with Crippen LogP contribution in [-0.2, 0) is 0 Å². The predicted octanol–water partition coefficient (Wildman–Crippen LogP) is 1.17. The summed E-state index contributed by atoms with van der Waals surface area (Å²) in [5.41, 5.74) is 0. The highest BCUT2D eigenvalue weighted by Gasteiger charge is 2.23. The van der Waals surface area contributed by atoms with Crippen molar-refractivity contribution in [3.8, 4) is 0 Å². The second-order valence-electron chi connectivity index (χ2n) is 3.52. The minimum absolute atomic E-state index is 0.675. The van der Waals surface area contributed by atoms with Crippen molar-refractivity contribution in [3.05, 3.63) is 0 Å². The molecule has 2 aliphatic carbocycles. The number of hydrogen-bond acceptors (Lipinski definition) is 1. The first kappa shape index (κ1) is 7.35. The van der Waals surface area contributed by atoms with E-state index in [1.54, 1.807) is 0 Å². The zero-order valence-corrected chi connectivity index (χ0v) is 7.41. The fourth-order valence-corrected chi connectivity index (χ4v) is 1.53. The Bertz CT molecular complexity index is 161. The second kappa shape index (κ2) is 2.97. The smallest absolute Gasteiger partial charge is 0.166 e. The highest BCUT2D eigenvalue weighted by atomic mass is 32.1. The first-order chi connectivity index (χ1) is 5.34. The number of nitrogens with one attached hydrogen (secondary N) is 2. The van der Waals surface area contributed by atoms with Crippen LogP contribution in [0.3, 0.4) is 0 Å². The molecule has 0 saturated heterocycles. The summed E-state index contributed by atoms with van der Waals surface area (Å²) >= 11 is 5.12. The fraction of sp³-hybridized carbons (Fsp3) is 0.875. The third-order valence-corrected chi connectivity index (χ3v) is 2.59. The Balaban J connectivity index is 1.63. The Labute approximate surface area is 72.7 Å². The largest absolute Gasteiger partial charge is 0.360 e. The minimum Gasteiger partial charge on any atom is -0.360 e. The maximum absolute atomic E-state index is 5.12. The Kier molecular flexibility index (Phi) is 1.98. The van der Waals surface area contributed by atoms with Crippen LogP contribution in [0.1, 0.15) is 32.1 Å². The van der Waals surface area contributed by atoms with E-state index in [2.05, 4.69) is 10.6 Å². The molecule has 0 aromatic heterocycles. The van der Waals surface area contributed by atoms with Gasteiger partial charge in [0.15, 0.2) is 5.11 Å². The zero-order chi connectivity index (χ0) is 7.68. The van der Waals surface area contributed by atoms with E-state index in [1.807, 2.05) is 0 Å². The molecule has 11 heavy (non-hydrogen) atoms. The molecule has 0 amide bonds. The quantitative estimate of drug-likeness (QED) is 0.608. The Morgan fingerprint density at radius 1 is 1.00 bits per heavy atom. The molecule has 2 aliphatic rings. The first-order valence-corrected chi connectivity index (χ1v) is 4.82. The Hall–Kier alpha value is -0.310. The summed E-state index contributed by atoms with van der Waals surface area (Å²) in [6.07, 6.45) is 6.56. The lowest BCUT2D eigenvalue weighted by atomic mass is 9.93. The number of hydrogen-bond donors (Lipinski definition) is 2. The van der Waals surface area contributed by atoms with Gasteiger partial charge in [0.1, 0.15) is 0 Å².